The van der Waals surface area contributed by atoms with Crippen LogP contribution in [0, 0.1) is 6.92 Å². The van der Waals surface area contributed by atoms with Crippen LogP contribution in [0.15, 0.2) is 41.2 Å². The molecule has 1 N–H and O–H groups in total. The molecule has 1 saturated heterocycles. The predicted octanol–water partition coefficient (Wildman–Crippen LogP) is 1.66. The van der Waals surface area contributed by atoms with Gasteiger partial charge in [-0.2, -0.15) is 5.10 Å². The Balaban J connectivity index is 1.72. The van der Waals surface area contributed by atoms with E-state index in [1.807, 2.05) is 6.07 Å². The van der Waals surface area contributed by atoms with Crippen LogP contribution in [0.4, 0.5) is 5.82 Å². The third-order valence-corrected chi connectivity index (χ3v) is 6.80. The SMILES string of the molecule is Cc1cc(NC(=O)c2cc(=O)n(C)c3ccccc23)n([C@H]2CCS(=O)(=O)C2)n1. The number of rotatable bonds is 3. The first-order valence-corrected chi connectivity index (χ1v) is 10.7. The first-order chi connectivity index (χ1) is 13.2. The smallest absolute Gasteiger partial charge is 0.257 e. The van der Waals surface area contributed by atoms with Crippen LogP contribution in [0.2, 0.25) is 0 Å². The third-order valence-electron chi connectivity index (χ3n) is 5.05. The average Bonchev–Trinajstić information content (AvgIpc) is 3.19. The number of carbonyl (C=O) groups excluding carboxylic acids is 1. The van der Waals surface area contributed by atoms with E-state index in [2.05, 4.69) is 10.4 Å². The summed E-state index contributed by atoms with van der Waals surface area (Å²) in [4.78, 5) is 25.2. The van der Waals surface area contributed by atoms with Crippen LogP contribution in [0.25, 0.3) is 10.9 Å². The molecular formula is C19H20N4O4S. The summed E-state index contributed by atoms with van der Waals surface area (Å²) < 4.78 is 26.7. The Morgan fingerprint density at radius 1 is 1.25 bits per heavy atom. The van der Waals surface area contributed by atoms with Crippen molar-refractivity contribution >= 4 is 32.5 Å². The van der Waals surface area contributed by atoms with Crippen molar-refractivity contribution in [1.29, 1.82) is 0 Å². The molecule has 0 radical (unpaired) electrons. The summed E-state index contributed by atoms with van der Waals surface area (Å²) >= 11 is 0. The molecule has 3 heterocycles. The topological polar surface area (TPSA) is 103 Å². The number of para-hydroxylation sites is 1. The second-order valence-corrected chi connectivity index (χ2v) is 9.33. The van der Waals surface area contributed by atoms with Gasteiger partial charge in [0.25, 0.3) is 11.5 Å². The van der Waals surface area contributed by atoms with E-state index in [4.69, 9.17) is 0 Å². The van der Waals surface area contributed by atoms with Gasteiger partial charge in [0.2, 0.25) is 0 Å². The molecule has 0 unspecified atom stereocenters. The molecule has 2 aromatic heterocycles. The van der Waals surface area contributed by atoms with E-state index in [-0.39, 0.29) is 28.7 Å². The number of sulfone groups is 1. The molecule has 1 aliphatic rings. The molecule has 9 heteroatoms. The molecule has 1 aliphatic heterocycles. The van der Waals surface area contributed by atoms with Gasteiger partial charge in [-0.1, -0.05) is 18.2 Å². The number of carbonyl (C=O) groups is 1. The summed E-state index contributed by atoms with van der Waals surface area (Å²) in [5, 5.41) is 7.84. The molecule has 8 nitrogen and oxygen atoms in total. The fourth-order valence-corrected chi connectivity index (χ4v) is 5.33. The lowest BCUT2D eigenvalue weighted by Crippen LogP contribution is -2.23. The summed E-state index contributed by atoms with van der Waals surface area (Å²) in [6.45, 7) is 1.78. The predicted molar refractivity (Wildman–Crippen MR) is 106 cm³/mol. The van der Waals surface area contributed by atoms with E-state index < -0.39 is 15.7 Å². The number of amides is 1. The van der Waals surface area contributed by atoms with E-state index >= 15 is 0 Å². The fourth-order valence-electron chi connectivity index (χ4n) is 3.64. The Hall–Kier alpha value is -2.94. The van der Waals surface area contributed by atoms with E-state index in [1.165, 1.54) is 10.6 Å². The van der Waals surface area contributed by atoms with Crippen LogP contribution < -0.4 is 10.9 Å². The Morgan fingerprint density at radius 3 is 2.71 bits per heavy atom. The molecule has 28 heavy (non-hydrogen) atoms. The molecule has 1 fully saturated rings. The molecule has 3 aromatic rings. The van der Waals surface area contributed by atoms with Crippen LogP contribution in [0.1, 0.15) is 28.5 Å². The lowest BCUT2D eigenvalue weighted by Gasteiger charge is -2.15. The van der Waals surface area contributed by atoms with Gasteiger partial charge in [-0.05, 0) is 19.4 Å². The number of hydrogen-bond acceptors (Lipinski definition) is 5. The number of aromatic nitrogens is 3. The van der Waals surface area contributed by atoms with Crippen LogP contribution in [-0.4, -0.2) is 40.2 Å². The minimum atomic E-state index is -3.09. The van der Waals surface area contributed by atoms with Gasteiger partial charge in [-0.25, -0.2) is 13.1 Å². The maximum absolute atomic E-state index is 13.0. The van der Waals surface area contributed by atoms with Gasteiger partial charge in [0.15, 0.2) is 9.84 Å². The molecule has 1 atom stereocenters. The second kappa shape index (κ2) is 6.59. The van der Waals surface area contributed by atoms with Crippen LogP contribution in [0.5, 0.6) is 0 Å². The molecule has 0 aliphatic carbocycles. The number of benzene rings is 1. The zero-order chi connectivity index (χ0) is 20.1. The molecular weight excluding hydrogens is 380 g/mol. The Kier molecular flexibility index (Phi) is 4.34. The normalized spacial score (nSPS) is 18.4. The van der Waals surface area contributed by atoms with Gasteiger partial charge >= 0.3 is 0 Å². The first kappa shape index (κ1) is 18.4. The minimum absolute atomic E-state index is 0.00575. The van der Waals surface area contributed by atoms with Crippen LogP contribution >= 0.6 is 0 Å². The molecule has 0 saturated carbocycles. The summed E-state index contributed by atoms with van der Waals surface area (Å²) in [5.74, 6) is 0.111. The van der Waals surface area contributed by atoms with Crippen LogP contribution in [-0.2, 0) is 16.9 Å². The van der Waals surface area contributed by atoms with Gasteiger partial charge in [0.05, 0.1) is 34.3 Å². The highest BCUT2D eigenvalue weighted by molar-refractivity contribution is 7.91. The van der Waals surface area contributed by atoms with Gasteiger partial charge in [0.1, 0.15) is 5.82 Å². The van der Waals surface area contributed by atoms with E-state index in [0.717, 1.165) is 0 Å². The number of pyridine rings is 1. The summed E-state index contributed by atoms with van der Waals surface area (Å²) in [7, 11) is -1.43. The third kappa shape index (κ3) is 3.22. The highest BCUT2D eigenvalue weighted by atomic mass is 32.2. The van der Waals surface area contributed by atoms with E-state index in [1.54, 1.807) is 42.9 Å². The summed E-state index contributed by atoms with van der Waals surface area (Å²) in [6.07, 6.45) is 0.459. The Labute approximate surface area is 161 Å². The largest absolute Gasteiger partial charge is 0.311 e. The number of hydrogen-bond donors (Lipinski definition) is 1. The maximum atomic E-state index is 13.0. The average molecular weight is 400 g/mol. The Bertz CT molecular complexity index is 1260. The van der Waals surface area contributed by atoms with Crippen LogP contribution in [0.3, 0.4) is 0 Å². The number of aryl methyl sites for hydroxylation is 2. The second-order valence-electron chi connectivity index (χ2n) is 7.10. The van der Waals surface area contributed by atoms with Crippen molar-refractivity contribution in [3.8, 4) is 0 Å². The van der Waals surface area contributed by atoms with E-state index in [0.29, 0.717) is 28.8 Å². The highest BCUT2D eigenvalue weighted by Crippen LogP contribution is 2.27. The zero-order valence-corrected chi connectivity index (χ0v) is 16.4. The van der Waals surface area contributed by atoms with Crippen molar-refractivity contribution in [3.63, 3.8) is 0 Å². The highest BCUT2D eigenvalue weighted by Gasteiger charge is 2.31. The number of nitrogens with zero attached hydrogens (tertiary/aromatic N) is 3. The number of fused-ring (bicyclic) bond motifs is 1. The molecule has 1 aromatic carbocycles. The van der Waals surface area contributed by atoms with Gasteiger partial charge in [0, 0.05) is 24.6 Å². The van der Waals surface area contributed by atoms with Gasteiger partial charge in [-0.3, -0.25) is 9.59 Å². The number of anilines is 1. The Morgan fingerprint density at radius 2 is 2.00 bits per heavy atom. The first-order valence-electron chi connectivity index (χ1n) is 8.92. The van der Waals surface area contributed by atoms with Crippen molar-refractivity contribution in [2.75, 3.05) is 16.8 Å². The van der Waals surface area contributed by atoms with Crippen molar-refractivity contribution in [2.24, 2.45) is 7.05 Å². The molecule has 0 spiro atoms. The molecule has 146 valence electrons. The lowest BCUT2D eigenvalue weighted by atomic mass is 10.1. The minimum Gasteiger partial charge on any atom is -0.311 e. The van der Waals surface area contributed by atoms with Crippen molar-refractivity contribution in [3.05, 3.63) is 58.0 Å². The maximum Gasteiger partial charge on any atom is 0.257 e. The zero-order valence-electron chi connectivity index (χ0n) is 15.5. The molecule has 0 bridgehead atoms. The molecule has 4 rings (SSSR count). The summed E-state index contributed by atoms with van der Waals surface area (Å²) in [5.41, 5.74) is 1.32. The number of nitrogens with one attached hydrogen (secondary N) is 1. The monoisotopic (exact) mass is 400 g/mol. The van der Waals surface area contributed by atoms with Gasteiger partial charge in [-0.15, -0.1) is 0 Å². The molecule has 1 amide bonds. The van der Waals surface area contributed by atoms with Crippen molar-refractivity contribution in [1.82, 2.24) is 14.3 Å². The lowest BCUT2D eigenvalue weighted by molar-refractivity contribution is 0.102. The standard InChI is InChI=1S/C19H20N4O4S/c1-12-9-17(23(21-12)13-7-8-28(26,27)11-13)20-19(25)15-10-18(24)22(2)16-6-4-3-5-14(15)16/h3-6,9-10,13H,7-8,11H2,1-2H3,(H,20,25)/t13-/m0/s1. The van der Waals surface area contributed by atoms with Gasteiger partial charge < -0.3 is 9.88 Å². The summed E-state index contributed by atoms with van der Waals surface area (Å²) in [6, 6.07) is 9.89. The van der Waals surface area contributed by atoms with Crippen molar-refractivity contribution in [2.45, 2.75) is 19.4 Å². The fraction of sp³-hybridized carbons (Fsp3) is 0.316. The quantitative estimate of drug-likeness (QED) is 0.720. The van der Waals surface area contributed by atoms with E-state index in [9.17, 15) is 18.0 Å². The van der Waals surface area contributed by atoms with Crippen molar-refractivity contribution < 1.29 is 13.2 Å².